The van der Waals surface area contributed by atoms with Crippen molar-refractivity contribution in [3.8, 4) is 16.9 Å². The standard InChI is InChI=1S/C27H36N2O3/c1-21-11-15-29(16-12-21)17-14-28-26(30)27(13-6-18-32-27)20-22-7-5-8-23(19-22)24-9-3-4-10-25(24)31-2/h3-5,7-10,19,21H,6,11-18,20H2,1-2H3,(H,28,30)/t27-/m0/s1. The van der Waals surface area contributed by atoms with Gasteiger partial charge in [0.1, 0.15) is 5.75 Å². The molecule has 0 aliphatic carbocycles. The molecule has 172 valence electrons. The maximum absolute atomic E-state index is 13.2. The molecule has 0 aromatic heterocycles. The Morgan fingerprint density at radius 1 is 1.19 bits per heavy atom. The molecule has 2 heterocycles. The number of nitrogens with zero attached hydrogens (tertiary/aromatic N) is 1. The van der Waals surface area contributed by atoms with Crippen LogP contribution in [0.5, 0.6) is 5.75 Å². The third-order valence-electron chi connectivity index (χ3n) is 6.94. The van der Waals surface area contributed by atoms with Crippen LogP contribution >= 0.6 is 0 Å². The van der Waals surface area contributed by atoms with Gasteiger partial charge in [-0.05, 0) is 61.9 Å². The van der Waals surface area contributed by atoms with E-state index >= 15 is 0 Å². The summed E-state index contributed by atoms with van der Waals surface area (Å²) in [7, 11) is 1.69. The summed E-state index contributed by atoms with van der Waals surface area (Å²) in [6.07, 6.45) is 4.78. The molecule has 2 aliphatic rings. The predicted molar refractivity (Wildman–Crippen MR) is 128 cm³/mol. The molecule has 5 heteroatoms. The fourth-order valence-electron chi connectivity index (χ4n) is 4.93. The molecule has 0 saturated carbocycles. The molecular formula is C27H36N2O3. The Hall–Kier alpha value is -2.37. The zero-order chi connectivity index (χ0) is 22.4. The van der Waals surface area contributed by atoms with Crippen molar-refractivity contribution in [1.29, 1.82) is 0 Å². The van der Waals surface area contributed by atoms with Gasteiger partial charge in [-0.1, -0.05) is 49.4 Å². The summed E-state index contributed by atoms with van der Waals surface area (Å²) < 4.78 is 11.6. The van der Waals surface area contributed by atoms with Gasteiger partial charge < -0.3 is 19.7 Å². The first-order valence-electron chi connectivity index (χ1n) is 12.0. The van der Waals surface area contributed by atoms with E-state index in [-0.39, 0.29) is 5.91 Å². The minimum atomic E-state index is -0.768. The molecule has 1 N–H and O–H groups in total. The average Bonchev–Trinajstić information content (AvgIpc) is 3.30. The summed E-state index contributed by atoms with van der Waals surface area (Å²) in [6.45, 7) is 6.83. The zero-order valence-electron chi connectivity index (χ0n) is 19.4. The lowest BCUT2D eigenvalue weighted by Gasteiger charge is -2.31. The number of likely N-dealkylation sites (tertiary alicyclic amines) is 1. The van der Waals surface area contributed by atoms with Crippen molar-refractivity contribution < 1.29 is 14.3 Å². The molecule has 4 rings (SSSR count). The predicted octanol–water partition coefficient (Wildman–Crippen LogP) is 4.30. The van der Waals surface area contributed by atoms with Gasteiger partial charge in [0, 0.05) is 31.7 Å². The summed E-state index contributed by atoms with van der Waals surface area (Å²) >= 11 is 0. The first-order chi connectivity index (χ1) is 15.6. The zero-order valence-corrected chi connectivity index (χ0v) is 19.4. The molecule has 32 heavy (non-hydrogen) atoms. The summed E-state index contributed by atoms with van der Waals surface area (Å²) in [5, 5.41) is 3.18. The maximum atomic E-state index is 13.2. The van der Waals surface area contributed by atoms with Crippen LogP contribution in [-0.2, 0) is 16.0 Å². The van der Waals surface area contributed by atoms with Gasteiger partial charge in [0.2, 0.25) is 0 Å². The second-order valence-corrected chi connectivity index (χ2v) is 9.30. The van der Waals surface area contributed by atoms with Gasteiger partial charge in [-0.15, -0.1) is 0 Å². The van der Waals surface area contributed by atoms with E-state index in [2.05, 4.69) is 47.5 Å². The summed E-state index contributed by atoms with van der Waals surface area (Å²) in [5.74, 6) is 1.70. The fraction of sp³-hybridized carbons (Fsp3) is 0.519. The number of hydrogen-bond acceptors (Lipinski definition) is 4. The van der Waals surface area contributed by atoms with Gasteiger partial charge in [0.15, 0.2) is 5.60 Å². The van der Waals surface area contributed by atoms with E-state index in [0.717, 1.165) is 60.8 Å². The number of rotatable bonds is 8. The fourth-order valence-corrected chi connectivity index (χ4v) is 4.93. The number of ether oxygens (including phenoxy) is 2. The lowest BCUT2D eigenvalue weighted by atomic mass is 9.89. The van der Waals surface area contributed by atoms with E-state index in [4.69, 9.17) is 9.47 Å². The number of carbonyl (C=O) groups excluding carboxylic acids is 1. The van der Waals surface area contributed by atoms with E-state index in [1.165, 1.54) is 12.8 Å². The number of hydrogen-bond donors (Lipinski definition) is 1. The van der Waals surface area contributed by atoms with Crippen LogP contribution < -0.4 is 10.1 Å². The number of nitrogens with one attached hydrogen (secondary N) is 1. The molecule has 1 atom stereocenters. The average molecular weight is 437 g/mol. The van der Waals surface area contributed by atoms with Crippen molar-refractivity contribution in [2.75, 3.05) is 39.9 Å². The molecule has 0 spiro atoms. The summed E-state index contributed by atoms with van der Waals surface area (Å²) in [4.78, 5) is 15.7. The van der Waals surface area contributed by atoms with E-state index < -0.39 is 5.60 Å². The second kappa shape index (κ2) is 10.5. The number of methoxy groups -OCH3 is 1. The van der Waals surface area contributed by atoms with Crippen molar-refractivity contribution in [3.05, 3.63) is 54.1 Å². The lowest BCUT2D eigenvalue weighted by molar-refractivity contribution is -0.141. The van der Waals surface area contributed by atoms with Crippen LogP contribution in [-0.4, -0.2) is 56.3 Å². The maximum Gasteiger partial charge on any atom is 0.252 e. The molecule has 5 nitrogen and oxygen atoms in total. The number of carbonyl (C=O) groups is 1. The smallest absolute Gasteiger partial charge is 0.252 e. The van der Waals surface area contributed by atoms with Crippen LogP contribution in [0.25, 0.3) is 11.1 Å². The van der Waals surface area contributed by atoms with Crippen LogP contribution in [0.4, 0.5) is 0 Å². The van der Waals surface area contributed by atoms with Crippen LogP contribution in [0, 0.1) is 5.92 Å². The van der Waals surface area contributed by atoms with Gasteiger partial charge in [0.05, 0.1) is 7.11 Å². The van der Waals surface area contributed by atoms with E-state index in [0.29, 0.717) is 19.6 Å². The molecule has 2 fully saturated rings. The monoisotopic (exact) mass is 436 g/mol. The third-order valence-corrected chi connectivity index (χ3v) is 6.94. The van der Waals surface area contributed by atoms with Crippen LogP contribution in [0.3, 0.4) is 0 Å². The van der Waals surface area contributed by atoms with Crippen molar-refractivity contribution >= 4 is 5.91 Å². The topological polar surface area (TPSA) is 50.8 Å². The SMILES string of the molecule is COc1ccccc1-c1cccc(C[C@]2(C(=O)NCCN3CCC(C)CC3)CCCO2)c1. The molecule has 1 amide bonds. The van der Waals surface area contributed by atoms with Crippen molar-refractivity contribution in [2.24, 2.45) is 5.92 Å². The quantitative estimate of drug-likeness (QED) is 0.670. The number of amides is 1. The summed E-state index contributed by atoms with van der Waals surface area (Å²) in [5.41, 5.74) is 2.48. The van der Waals surface area contributed by atoms with Gasteiger partial charge in [-0.3, -0.25) is 4.79 Å². The van der Waals surface area contributed by atoms with E-state index in [1.807, 2.05) is 18.2 Å². The van der Waals surface area contributed by atoms with Gasteiger partial charge in [-0.25, -0.2) is 0 Å². The molecule has 0 radical (unpaired) electrons. The molecular weight excluding hydrogens is 400 g/mol. The Kier molecular flexibility index (Phi) is 7.48. The Labute approximate surface area is 192 Å². The molecule has 2 aliphatic heterocycles. The van der Waals surface area contributed by atoms with Gasteiger partial charge >= 0.3 is 0 Å². The summed E-state index contributed by atoms with van der Waals surface area (Å²) in [6, 6.07) is 16.4. The number of para-hydroxylation sites is 1. The molecule has 2 aromatic rings. The van der Waals surface area contributed by atoms with Crippen LogP contribution in [0.1, 0.15) is 38.2 Å². The van der Waals surface area contributed by atoms with Gasteiger partial charge in [0.25, 0.3) is 5.91 Å². The molecule has 0 bridgehead atoms. The molecule has 0 unspecified atom stereocenters. The van der Waals surface area contributed by atoms with E-state index in [1.54, 1.807) is 7.11 Å². The number of piperidine rings is 1. The van der Waals surface area contributed by atoms with Gasteiger partial charge in [-0.2, -0.15) is 0 Å². The van der Waals surface area contributed by atoms with Crippen LogP contribution in [0.15, 0.2) is 48.5 Å². The highest BCUT2D eigenvalue weighted by Gasteiger charge is 2.42. The first-order valence-corrected chi connectivity index (χ1v) is 12.0. The molecule has 2 saturated heterocycles. The Bertz CT molecular complexity index is 899. The van der Waals surface area contributed by atoms with Crippen LogP contribution in [0.2, 0.25) is 0 Å². The molecule has 2 aromatic carbocycles. The second-order valence-electron chi connectivity index (χ2n) is 9.30. The lowest BCUT2D eigenvalue weighted by Crippen LogP contribution is -2.50. The van der Waals surface area contributed by atoms with E-state index in [9.17, 15) is 4.79 Å². The highest BCUT2D eigenvalue weighted by Crippen LogP contribution is 2.33. The third kappa shape index (κ3) is 5.33. The van der Waals surface area contributed by atoms with Crippen molar-refractivity contribution in [3.63, 3.8) is 0 Å². The Morgan fingerprint density at radius 3 is 2.75 bits per heavy atom. The van der Waals surface area contributed by atoms with Crippen molar-refractivity contribution in [2.45, 2.75) is 44.6 Å². The highest BCUT2D eigenvalue weighted by atomic mass is 16.5. The normalized spacial score (nSPS) is 22.1. The minimum Gasteiger partial charge on any atom is -0.496 e. The Morgan fingerprint density at radius 2 is 2.00 bits per heavy atom. The Balaban J connectivity index is 1.42. The largest absolute Gasteiger partial charge is 0.496 e. The first kappa shape index (κ1) is 22.8. The number of benzene rings is 2. The highest BCUT2D eigenvalue weighted by molar-refractivity contribution is 5.86. The van der Waals surface area contributed by atoms with Crippen molar-refractivity contribution in [1.82, 2.24) is 10.2 Å². The minimum absolute atomic E-state index is 0.0306.